The topological polar surface area (TPSA) is 84.7 Å². The molecule has 0 saturated carbocycles. The monoisotopic (exact) mass is 479 g/mol. The van der Waals surface area contributed by atoms with Crippen molar-refractivity contribution >= 4 is 11.8 Å². The van der Waals surface area contributed by atoms with Crippen molar-refractivity contribution in [2.45, 2.75) is 45.1 Å². The van der Waals surface area contributed by atoms with Crippen LogP contribution >= 0.6 is 0 Å². The first-order chi connectivity index (χ1) is 17.0. The number of aromatic nitrogens is 1. The largest absolute Gasteiger partial charge is 0.483 e. The zero-order valence-electron chi connectivity index (χ0n) is 19.8. The number of hydrogen-bond acceptors (Lipinski definition) is 5. The van der Waals surface area contributed by atoms with Gasteiger partial charge in [-0.1, -0.05) is 25.1 Å². The molecule has 1 fully saturated rings. The zero-order valence-corrected chi connectivity index (χ0v) is 19.8. The summed E-state index contributed by atoms with van der Waals surface area (Å²) in [5, 5.41) is 3.06. The van der Waals surface area contributed by atoms with Crippen molar-refractivity contribution in [1.82, 2.24) is 15.2 Å². The van der Waals surface area contributed by atoms with Crippen LogP contribution in [0, 0.1) is 5.82 Å². The van der Waals surface area contributed by atoms with Crippen molar-refractivity contribution < 1.29 is 23.1 Å². The van der Waals surface area contributed by atoms with Crippen LogP contribution in [0.3, 0.4) is 0 Å². The fraction of sp³-hybridized carbons (Fsp3) is 0.370. The quantitative estimate of drug-likeness (QED) is 0.456. The zero-order chi connectivity index (χ0) is 24.6. The average Bonchev–Trinajstić information content (AvgIpc) is 3.58. The molecule has 3 aromatic rings. The maximum atomic E-state index is 13.1. The van der Waals surface area contributed by atoms with Gasteiger partial charge in [0.05, 0.1) is 12.2 Å². The maximum Gasteiger partial charge on any atom is 0.260 e. The van der Waals surface area contributed by atoms with Crippen molar-refractivity contribution in [3.05, 3.63) is 72.0 Å². The average molecular weight is 480 g/mol. The highest BCUT2D eigenvalue weighted by atomic mass is 19.1. The first kappa shape index (κ1) is 24.4. The van der Waals surface area contributed by atoms with Gasteiger partial charge in [-0.25, -0.2) is 9.37 Å². The van der Waals surface area contributed by atoms with Gasteiger partial charge in [0.2, 0.25) is 5.91 Å². The Balaban J connectivity index is 1.32. The predicted octanol–water partition coefficient (Wildman–Crippen LogP) is 4.68. The molecule has 35 heavy (non-hydrogen) atoms. The molecule has 4 rings (SSSR count). The molecule has 1 saturated heterocycles. The van der Waals surface area contributed by atoms with E-state index in [0.29, 0.717) is 30.2 Å². The molecular weight excluding hydrogens is 449 g/mol. The molecule has 2 heterocycles. The SMILES string of the molecule is CCC(NC(=O)CCc1ncc(-c2ccc(F)cc2)o1)c1ccccc1OCC(=O)N1CCCC1. The Labute approximate surface area is 204 Å². The third kappa shape index (κ3) is 6.47. The lowest BCUT2D eigenvalue weighted by molar-refractivity contribution is -0.132. The summed E-state index contributed by atoms with van der Waals surface area (Å²) in [5.74, 6) is 1.10. The number of carbonyl (C=O) groups excluding carboxylic acids is 2. The van der Waals surface area contributed by atoms with E-state index in [1.807, 2.05) is 36.1 Å². The van der Waals surface area contributed by atoms with Gasteiger partial charge >= 0.3 is 0 Å². The molecule has 1 N–H and O–H groups in total. The number of nitrogens with zero attached hydrogens (tertiary/aromatic N) is 2. The van der Waals surface area contributed by atoms with Crippen molar-refractivity contribution in [1.29, 1.82) is 0 Å². The first-order valence-corrected chi connectivity index (χ1v) is 12.0. The number of halogens is 1. The number of amides is 2. The fourth-order valence-corrected chi connectivity index (χ4v) is 4.16. The van der Waals surface area contributed by atoms with Gasteiger partial charge in [0.1, 0.15) is 11.6 Å². The molecular formula is C27H30FN3O4. The summed E-state index contributed by atoms with van der Waals surface area (Å²) in [7, 11) is 0. The molecule has 1 unspecified atom stereocenters. The van der Waals surface area contributed by atoms with E-state index in [-0.39, 0.29) is 36.7 Å². The Morgan fingerprint density at radius 1 is 1.14 bits per heavy atom. The highest BCUT2D eigenvalue weighted by Gasteiger charge is 2.21. The van der Waals surface area contributed by atoms with Gasteiger partial charge < -0.3 is 19.4 Å². The van der Waals surface area contributed by atoms with E-state index in [2.05, 4.69) is 10.3 Å². The van der Waals surface area contributed by atoms with Crippen molar-refractivity contribution in [3.8, 4) is 17.1 Å². The minimum absolute atomic E-state index is 0.0120. The van der Waals surface area contributed by atoms with E-state index in [0.717, 1.165) is 37.1 Å². The van der Waals surface area contributed by atoms with Crippen LogP contribution in [0.4, 0.5) is 4.39 Å². The Hall–Kier alpha value is -3.68. The number of carbonyl (C=O) groups is 2. The van der Waals surface area contributed by atoms with E-state index in [9.17, 15) is 14.0 Å². The van der Waals surface area contributed by atoms with Crippen molar-refractivity contribution in [3.63, 3.8) is 0 Å². The number of benzene rings is 2. The number of oxazole rings is 1. The lowest BCUT2D eigenvalue weighted by Gasteiger charge is -2.21. The highest BCUT2D eigenvalue weighted by Crippen LogP contribution is 2.28. The summed E-state index contributed by atoms with van der Waals surface area (Å²) >= 11 is 0. The normalized spacial score (nSPS) is 14.1. The van der Waals surface area contributed by atoms with Gasteiger partial charge in [0.25, 0.3) is 5.91 Å². The molecule has 2 aromatic carbocycles. The smallest absolute Gasteiger partial charge is 0.260 e. The van der Waals surface area contributed by atoms with Crippen LogP contribution in [0.2, 0.25) is 0 Å². The molecule has 1 aliphatic heterocycles. The van der Waals surface area contributed by atoms with Crippen LogP contribution in [0.5, 0.6) is 5.75 Å². The van der Waals surface area contributed by atoms with Crippen LogP contribution in [0.15, 0.2) is 59.1 Å². The molecule has 1 atom stereocenters. The molecule has 2 amide bonds. The molecule has 0 bridgehead atoms. The van der Waals surface area contributed by atoms with Gasteiger partial charge in [-0.05, 0) is 49.6 Å². The second-order valence-electron chi connectivity index (χ2n) is 8.57. The summed E-state index contributed by atoms with van der Waals surface area (Å²) in [6.45, 7) is 3.54. The number of aryl methyl sites for hydroxylation is 1. The van der Waals surface area contributed by atoms with Gasteiger partial charge in [0.15, 0.2) is 18.3 Å². The Kier molecular flexibility index (Phi) is 8.13. The Bertz CT molecular complexity index is 1140. The van der Waals surface area contributed by atoms with Crippen LogP contribution in [0.25, 0.3) is 11.3 Å². The molecule has 8 heteroatoms. The summed E-state index contributed by atoms with van der Waals surface area (Å²) in [4.78, 5) is 31.1. The fourth-order valence-electron chi connectivity index (χ4n) is 4.16. The lowest BCUT2D eigenvalue weighted by Crippen LogP contribution is -2.32. The second-order valence-corrected chi connectivity index (χ2v) is 8.57. The molecule has 0 spiro atoms. The number of likely N-dealkylation sites (tertiary alicyclic amines) is 1. The van der Waals surface area contributed by atoms with E-state index in [1.54, 1.807) is 18.3 Å². The number of rotatable bonds is 10. The minimum Gasteiger partial charge on any atom is -0.483 e. The van der Waals surface area contributed by atoms with E-state index < -0.39 is 0 Å². The molecule has 184 valence electrons. The molecule has 0 radical (unpaired) electrons. The van der Waals surface area contributed by atoms with E-state index in [4.69, 9.17) is 9.15 Å². The summed E-state index contributed by atoms with van der Waals surface area (Å²) < 4.78 is 24.7. The van der Waals surface area contributed by atoms with Crippen LogP contribution in [-0.4, -0.2) is 41.4 Å². The van der Waals surface area contributed by atoms with E-state index in [1.165, 1.54) is 12.1 Å². The summed E-state index contributed by atoms with van der Waals surface area (Å²) in [6.07, 6.45) is 4.86. The van der Waals surface area contributed by atoms with Gasteiger partial charge in [-0.2, -0.15) is 0 Å². The number of para-hydroxylation sites is 1. The predicted molar refractivity (Wildman–Crippen MR) is 129 cm³/mol. The summed E-state index contributed by atoms with van der Waals surface area (Å²) in [6, 6.07) is 13.2. The first-order valence-electron chi connectivity index (χ1n) is 12.0. The van der Waals surface area contributed by atoms with Crippen LogP contribution in [0.1, 0.15) is 50.1 Å². The Morgan fingerprint density at radius 3 is 2.63 bits per heavy atom. The van der Waals surface area contributed by atoms with Crippen LogP contribution in [-0.2, 0) is 16.0 Å². The number of ether oxygens (including phenoxy) is 1. The lowest BCUT2D eigenvalue weighted by atomic mass is 10.0. The highest BCUT2D eigenvalue weighted by molar-refractivity contribution is 5.78. The number of nitrogens with one attached hydrogen (secondary N) is 1. The maximum absolute atomic E-state index is 13.1. The summed E-state index contributed by atoms with van der Waals surface area (Å²) in [5.41, 5.74) is 1.56. The molecule has 7 nitrogen and oxygen atoms in total. The van der Waals surface area contributed by atoms with Crippen molar-refractivity contribution in [2.24, 2.45) is 0 Å². The molecule has 0 aliphatic carbocycles. The van der Waals surface area contributed by atoms with Gasteiger partial charge in [0, 0.05) is 37.1 Å². The van der Waals surface area contributed by atoms with Crippen molar-refractivity contribution in [2.75, 3.05) is 19.7 Å². The van der Waals surface area contributed by atoms with E-state index >= 15 is 0 Å². The third-order valence-electron chi connectivity index (χ3n) is 6.10. The standard InChI is InChI=1S/C27H30FN3O4/c1-2-22(21-7-3-4-8-23(21)34-18-27(33)31-15-5-6-16-31)30-25(32)13-14-26-29-17-24(35-26)19-9-11-20(28)12-10-19/h3-4,7-12,17,22H,2,5-6,13-16,18H2,1H3,(H,30,32). The van der Waals surface area contributed by atoms with Crippen LogP contribution < -0.4 is 10.1 Å². The van der Waals surface area contributed by atoms with Gasteiger partial charge in [-0.3, -0.25) is 9.59 Å². The minimum atomic E-state index is -0.319. The second kappa shape index (κ2) is 11.6. The Morgan fingerprint density at radius 2 is 1.89 bits per heavy atom. The molecule has 1 aromatic heterocycles. The van der Waals surface area contributed by atoms with Gasteiger partial charge in [-0.15, -0.1) is 0 Å². The number of hydrogen-bond donors (Lipinski definition) is 1. The third-order valence-corrected chi connectivity index (χ3v) is 6.10. The molecule has 1 aliphatic rings.